The molecule has 2 N–H and O–H groups in total. The maximum absolute atomic E-state index is 12.6. The molecule has 0 aliphatic carbocycles. The van der Waals surface area contributed by atoms with Crippen LogP contribution in [0.15, 0.2) is 59.1 Å². The second kappa shape index (κ2) is 9.37. The number of halogens is 2. The Balaban J connectivity index is 0.00000225. The molecule has 2 aromatic rings. The summed E-state index contributed by atoms with van der Waals surface area (Å²) in [5.74, 6) is 0.931. The van der Waals surface area contributed by atoms with Gasteiger partial charge in [-0.3, -0.25) is 4.79 Å². The Morgan fingerprint density at radius 1 is 1.12 bits per heavy atom. The molecule has 3 nitrogen and oxygen atoms in total. The lowest BCUT2D eigenvalue weighted by Gasteiger charge is -2.17. The van der Waals surface area contributed by atoms with Crippen molar-refractivity contribution >= 4 is 34.2 Å². The quantitative estimate of drug-likeness (QED) is 0.790. The van der Waals surface area contributed by atoms with Crippen LogP contribution in [0.4, 0.5) is 0 Å². The molecule has 1 heterocycles. The molecule has 2 aromatic carbocycles. The standard InChI is InChI=1S/C20H23BrN2O.ClH/c21-18-8-4-5-15(11-18)9-10-20(24)23-13-17(12-22)19(14-23)16-6-2-1-3-7-16;/h1-8,11,17,19H,9-10,12-14,22H2;1H/t17-,19+;/m1./s1. The van der Waals surface area contributed by atoms with Crippen LogP contribution in [0, 0.1) is 5.92 Å². The molecule has 1 saturated heterocycles. The lowest BCUT2D eigenvalue weighted by Crippen LogP contribution is -2.30. The van der Waals surface area contributed by atoms with Crippen LogP contribution in [0.2, 0.25) is 0 Å². The Bertz CT molecular complexity index is 695. The SMILES string of the molecule is Cl.NC[C@@H]1CN(C(=O)CCc2cccc(Br)c2)C[C@H]1c1ccccc1. The first-order chi connectivity index (χ1) is 11.7. The number of amides is 1. The third kappa shape index (κ3) is 5.06. The van der Waals surface area contributed by atoms with Gasteiger partial charge in [-0.2, -0.15) is 0 Å². The van der Waals surface area contributed by atoms with Crippen molar-refractivity contribution in [3.05, 3.63) is 70.2 Å². The van der Waals surface area contributed by atoms with E-state index in [1.54, 1.807) is 0 Å². The Morgan fingerprint density at radius 2 is 1.88 bits per heavy atom. The monoisotopic (exact) mass is 422 g/mol. The summed E-state index contributed by atoms with van der Waals surface area (Å²) >= 11 is 3.48. The summed E-state index contributed by atoms with van der Waals surface area (Å²) in [7, 11) is 0. The van der Waals surface area contributed by atoms with Gasteiger partial charge in [-0.1, -0.05) is 58.4 Å². The minimum atomic E-state index is 0. The molecule has 0 unspecified atom stereocenters. The Kier molecular flexibility index (Phi) is 7.48. The molecule has 0 bridgehead atoms. The zero-order valence-electron chi connectivity index (χ0n) is 14.1. The van der Waals surface area contributed by atoms with E-state index in [9.17, 15) is 4.79 Å². The Morgan fingerprint density at radius 3 is 2.56 bits per heavy atom. The van der Waals surface area contributed by atoms with Crippen molar-refractivity contribution in [2.45, 2.75) is 18.8 Å². The van der Waals surface area contributed by atoms with Crippen LogP contribution in [-0.4, -0.2) is 30.4 Å². The first-order valence-corrected chi connectivity index (χ1v) is 9.24. The second-order valence-corrected chi connectivity index (χ2v) is 7.36. The third-order valence-corrected chi connectivity index (χ3v) is 5.33. The van der Waals surface area contributed by atoms with Gasteiger partial charge in [-0.15, -0.1) is 12.4 Å². The van der Waals surface area contributed by atoms with E-state index >= 15 is 0 Å². The number of carbonyl (C=O) groups excluding carboxylic acids is 1. The molecule has 2 atom stereocenters. The average Bonchev–Trinajstić information content (AvgIpc) is 3.05. The summed E-state index contributed by atoms with van der Waals surface area (Å²) in [6, 6.07) is 18.6. The fourth-order valence-corrected chi connectivity index (χ4v) is 3.94. The van der Waals surface area contributed by atoms with Crippen LogP contribution in [0.1, 0.15) is 23.5 Å². The molecule has 0 radical (unpaired) electrons. The number of hydrogen-bond donors (Lipinski definition) is 1. The minimum Gasteiger partial charge on any atom is -0.342 e. The molecule has 1 aliphatic rings. The predicted molar refractivity (Wildman–Crippen MR) is 108 cm³/mol. The summed E-state index contributed by atoms with van der Waals surface area (Å²) in [4.78, 5) is 14.6. The van der Waals surface area contributed by atoms with Gasteiger partial charge in [0.05, 0.1) is 0 Å². The van der Waals surface area contributed by atoms with E-state index in [4.69, 9.17) is 5.73 Å². The molecule has 5 heteroatoms. The molecular formula is C20H24BrClN2O. The second-order valence-electron chi connectivity index (χ2n) is 6.44. The minimum absolute atomic E-state index is 0. The van der Waals surface area contributed by atoms with E-state index in [-0.39, 0.29) is 18.3 Å². The molecule has 134 valence electrons. The third-order valence-electron chi connectivity index (χ3n) is 4.84. The average molecular weight is 424 g/mol. The molecule has 0 saturated carbocycles. The van der Waals surface area contributed by atoms with Crippen molar-refractivity contribution in [1.82, 2.24) is 4.90 Å². The molecule has 0 spiro atoms. The smallest absolute Gasteiger partial charge is 0.222 e. The van der Waals surface area contributed by atoms with Crippen molar-refractivity contribution in [2.24, 2.45) is 11.7 Å². The number of likely N-dealkylation sites (tertiary alicyclic amines) is 1. The number of aryl methyl sites for hydroxylation is 1. The van der Waals surface area contributed by atoms with Crippen molar-refractivity contribution in [1.29, 1.82) is 0 Å². The van der Waals surface area contributed by atoms with Gasteiger partial charge in [0, 0.05) is 29.9 Å². The number of nitrogens with two attached hydrogens (primary N) is 1. The molecule has 1 amide bonds. The summed E-state index contributed by atoms with van der Waals surface area (Å²) < 4.78 is 1.06. The van der Waals surface area contributed by atoms with E-state index in [0.717, 1.165) is 24.0 Å². The Hall–Kier alpha value is -1.36. The van der Waals surface area contributed by atoms with Crippen molar-refractivity contribution in [2.75, 3.05) is 19.6 Å². The van der Waals surface area contributed by atoms with E-state index < -0.39 is 0 Å². The molecule has 3 rings (SSSR count). The molecule has 1 fully saturated rings. The van der Waals surface area contributed by atoms with Crippen molar-refractivity contribution < 1.29 is 4.79 Å². The van der Waals surface area contributed by atoms with Crippen LogP contribution in [0.3, 0.4) is 0 Å². The highest BCUT2D eigenvalue weighted by atomic mass is 79.9. The first kappa shape index (κ1) is 20.0. The van der Waals surface area contributed by atoms with Crippen LogP contribution in [0.5, 0.6) is 0 Å². The lowest BCUT2D eigenvalue weighted by molar-refractivity contribution is -0.130. The summed E-state index contributed by atoms with van der Waals surface area (Å²) in [5.41, 5.74) is 8.44. The van der Waals surface area contributed by atoms with Gasteiger partial charge in [0.15, 0.2) is 0 Å². The van der Waals surface area contributed by atoms with Crippen molar-refractivity contribution in [3.63, 3.8) is 0 Å². The zero-order valence-corrected chi connectivity index (χ0v) is 16.5. The van der Waals surface area contributed by atoms with E-state index in [0.29, 0.717) is 24.8 Å². The predicted octanol–water partition coefficient (Wildman–Crippen LogP) is 4.00. The molecular weight excluding hydrogens is 400 g/mol. The fourth-order valence-electron chi connectivity index (χ4n) is 3.49. The summed E-state index contributed by atoms with van der Waals surface area (Å²) in [6.07, 6.45) is 1.33. The van der Waals surface area contributed by atoms with Crippen LogP contribution in [0.25, 0.3) is 0 Å². The van der Waals surface area contributed by atoms with E-state index in [1.807, 2.05) is 23.1 Å². The molecule has 0 aromatic heterocycles. The van der Waals surface area contributed by atoms with Crippen LogP contribution >= 0.6 is 28.3 Å². The highest BCUT2D eigenvalue weighted by Crippen LogP contribution is 2.32. The van der Waals surface area contributed by atoms with Crippen LogP contribution in [-0.2, 0) is 11.2 Å². The van der Waals surface area contributed by atoms with Gasteiger partial charge in [-0.25, -0.2) is 0 Å². The number of rotatable bonds is 5. The highest BCUT2D eigenvalue weighted by molar-refractivity contribution is 9.10. The van der Waals surface area contributed by atoms with Crippen LogP contribution < -0.4 is 5.73 Å². The van der Waals surface area contributed by atoms with Gasteiger partial charge in [-0.05, 0) is 42.1 Å². The van der Waals surface area contributed by atoms with Gasteiger partial charge in [0.25, 0.3) is 0 Å². The number of benzene rings is 2. The van der Waals surface area contributed by atoms with Gasteiger partial charge in [0.2, 0.25) is 5.91 Å². The number of nitrogens with zero attached hydrogens (tertiary/aromatic N) is 1. The first-order valence-electron chi connectivity index (χ1n) is 8.44. The number of carbonyl (C=O) groups is 1. The van der Waals surface area contributed by atoms with Gasteiger partial charge < -0.3 is 10.6 Å². The molecule has 25 heavy (non-hydrogen) atoms. The normalized spacial score (nSPS) is 19.5. The van der Waals surface area contributed by atoms with E-state index in [2.05, 4.69) is 52.3 Å². The van der Waals surface area contributed by atoms with E-state index in [1.165, 1.54) is 11.1 Å². The Labute approximate surface area is 164 Å². The van der Waals surface area contributed by atoms with Crippen molar-refractivity contribution in [3.8, 4) is 0 Å². The maximum atomic E-state index is 12.6. The molecule has 1 aliphatic heterocycles. The number of hydrogen-bond acceptors (Lipinski definition) is 2. The summed E-state index contributed by atoms with van der Waals surface area (Å²) in [5, 5.41) is 0. The summed E-state index contributed by atoms with van der Waals surface area (Å²) in [6.45, 7) is 2.17. The zero-order chi connectivity index (χ0) is 16.9. The van der Waals surface area contributed by atoms with Gasteiger partial charge >= 0.3 is 0 Å². The topological polar surface area (TPSA) is 46.3 Å². The lowest BCUT2D eigenvalue weighted by atomic mass is 9.89. The fraction of sp³-hybridized carbons (Fsp3) is 0.350. The highest BCUT2D eigenvalue weighted by Gasteiger charge is 2.34. The largest absolute Gasteiger partial charge is 0.342 e. The van der Waals surface area contributed by atoms with Gasteiger partial charge in [0.1, 0.15) is 0 Å². The maximum Gasteiger partial charge on any atom is 0.222 e.